The lowest BCUT2D eigenvalue weighted by atomic mass is 10.2. The van der Waals surface area contributed by atoms with Crippen LogP contribution in [0.5, 0.6) is 0 Å². The Morgan fingerprint density at radius 1 is 1.14 bits per heavy atom. The summed E-state index contributed by atoms with van der Waals surface area (Å²) in [5.74, 6) is 2.15. The molecule has 0 aromatic carbocycles. The topological polar surface area (TPSA) is 65.5 Å². The van der Waals surface area contributed by atoms with E-state index in [-0.39, 0.29) is 35.8 Å². The summed E-state index contributed by atoms with van der Waals surface area (Å²) in [6.45, 7) is 8.82. The van der Waals surface area contributed by atoms with Gasteiger partial charge in [-0.05, 0) is 31.8 Å². The molecule has 0 heterocycles. The zero-order chi connectivity index (χ0) is 15.2. The quantitative estimate of drug-likeness (QED) is 0.215. The van der Waals surface area contributed by atoms with Crippen molar-refractivity contribution in [2.24, 2.45) is 10.9 Å². The van der Waals surface area contributed by atoms with Crippen molar-refractivity contribution in [3.63, 3.8) is 0 Å². The SMILES string of the molecule is CCNC(=NCCCCSC)NCCNC(=O)C(C)C.I. The van der Waals surface area contributed by atoms with E-state index in [9.17, 15) is 4.79 Å². The molecular formula is C14H31IN4OS. The molecule has 0 bridgehead atoms. The van der Waals surface area contributed by atoms with Crippen LogP contribution < -0.4 is 16.0 Å². The van der Waals surface area contributed by atoms with Gasteiger partial charge in [-0.25, -0.2) is 0 Å². The third-order valence-corrected chi connectivity index (χ3v) is 3.31. The lowest BCUT2D eigenvalue weighted by molar-refractivity contribution is -0.123. The molecule has 0 aromatic heterocycles. The minimum Gasteiger partial charge on any atom is -0.357 e. The number of nitrogens with one attached hydrogen (secondary N) is 3. The summed E-state index contributed by atoms with van der Waals surface area (Å²) in [7, 11) is 0. The molecule has 0 fully saturated rings. The Labute approximate surface area is 150 Å². The minimum absolute atomic E-state index is 0. The van der Waals surface area contributed by atoms with E-state index in [1.54, 1.807) is 0 Å². The highest BCUT2D eigenvalue weighted by Crippen LogP contribution is 1.98. The van der Waals surface area contributed by atoms with Crippen LogP contribution in [-0.4, -0.2) is 50.1 Å². The van der Waals surface area contributed by atoms with Crippen molar-refractivity contribution in [2.45, 2.75) is 33.6 Å². The van der Waals surface area contributed by atoms with Crippen molar-refractivity contribution in [2.75, 3.05) is 38.2 Å². The first-order valence-corrected chi connectivity index (χ1v) is 8.80. The summed E-state index contributed by atoms with van der Waals surface area (Å²) < 4.78 is 0. The molecule has 5 nitrogen and oxygen atoms in total. The lowest BCUT2D eigenvalue weighted by Gasteiger charge is -2.12. The maximum atomic E-state index is 11.4. The van der Waals surface area contributed by atoms with Crippen LogP contribution in [0.15, 0.2) is 4.99 Å². The van der Waals surface area contributed by atoms with Crippen LogP contribution in [-0.2, 0) is 4.79 Å². The Morgan fingerprint density at radius 2 is 1.81 bits per heavy atom. The number of hydrogen-bond acceptors (Lipinski definition) is 3. The number of carbonyl (C=O) groups excluding carboxylic acids is 1. The number of nitrogens with zero attached hydrogens (tertiary/aromatic N) is 1. The third-order valence-electron chi connectivity index (χ3n) is 2.61. The molecule has 0 saturated carbocycles. The monoisotopic (exact) mass is 430 g/mol. The molecule has 7 heteroatoms. The van der Waals surface area contributed by atoms with Gasteiger partial charge in [0.2, 0.25) is 5.91 Å². The van der Waals surface area contributed by atoms with Crippen LogP contribution >= 0.6 is 35.7 Å². The van der Waals surface area contributed by atoms with E-state index in [0.29, 0.717) is 13.1 Å². The Balaban J connectivity index is 0. The molecule has 126 valence electrons. The second kappa shape index (κ2) is 16.2. The van der Waals surface area contributed by atoms with Gasteiger partial charge in [0.15, 0.2) is 5.96 Å². The molecule has 0 aliphatic carbocycles. The number of rotatable bonds is 10. The van der Waals surface area contributed by atoms with E-state index >= 15 is 0 Å². The smallest absolute Gasteiger partial charge is 0.222 e. The first-order valence-electron chi connectivity index (χ1n) is 7.40. The van der Waals surface area contributed by atoms with Crippen molar-refractivity contribution in [3.05, 3.63) is 0 Å². The van der Waals surface area contributed by atoms with E-state index in [4.69, 9.17) is 0 Å². The molecule has 0 aliphatic heterocycles. The summed E-state index contributed by atoms with van der Waals surface area (Å²) in [6.07, 6.45) is 4.44. The number of hydrogen-bond donors (Lipinski definition) is 3. The van der Waals surface area contributed by atoms with Crippen LogP contribution in [0.4, 0.5) is 0 Å². The van der Waals surface area contributed by atoms with Crippen molar-refractivity contribution in [3.8, 4) is 0 Å². The standard InChI is InChI=1S/C14H30N4OS.HI/c1-5-15-14(17-8-6-7-11-20-4)18-10-9-16-13(19)12(2)3;/h12H,5-11H2,1-4H3,(H,16,19)(H2,15,17,18);1H. The summed E-state index contributed by atoms with van der Waals surface area (Å²) in [5.41, 5.74) is 0. The number of unbranched alkanes of at least 4 members (excludes halogenated alkanes) is 1. The molecule has 0 spiro atoms. The maximum Gasteiger partial charge on any atom is 0.222 e. The number of thioether (sulfide) groups is 1. The van der Waals surface area contributed by atoms with Gasteiger partial charge in [0.05, 0.1) is 0 Å². The Kier molecular flexibility index (Phi) is 17.8. The number of carbonyl (C=O) groups is 1. The number of amides is 1. The molecule has 0 aromatic rings. The largest absolute Gasteiger partial charge is 0.357 e. The van der Waals surface area contributed by atoms with E-state index in [1.807, 2.05) is 32.5 Å². The Morgan fingerprint density at radius 3 is 2.38 bits per heavy atom. The summed E-state index contributed by atoms with van der Waals surface area (Å²) >= 11 is 1.87. The van der Waals surface area contributed by atoms with Gasteiger partial charge in [-0.1, -0.05) is 13.8 Å². The lowest BCUT2D eigenvalue weighted by Crippen LogP contribution is -2.42. The molecule has 0 rings (SSSR count). The summed E-state index contributed by atoms with van der Waals surface area (Å²) in [5, 5.41) is 9.31. The van der Waals surface area contributed by atoms with Gasteiger partial charge in [0.1, 0.15) is 0 Å². The number of guanidine groups is 1. The zero-order valence-corrected chi connectivity index (χ0v) is 16.8. The van der Waals surface area contributed by atoms with Crippen LogP contribution in [0.1, 0.15) is 33.6 Å². The van der Waals surface area contributed by atoms with Crippen molar-refractivity contribution in [1.29, 1.82) is 0 Å². The van der Waals surface area contributed by atoms with E-state index < -0.39 is 0 Å². The number of aliphatic imine (C=N–C) groups is 1. The van der Waals surface area contributed by atoms with Gasteiger partial charge in [-0.2, -0.15) is 11.8 Å². The molecule has 0 radical (unpaired) electrons. The highest BCUT2D eigenvalue weighted by molar-refractivity contribution is 14.0. The molecule has 0 saturated heterocycles. The summed E-state index contributed by atoms with van der Waals surface area (Å²) in [6, 6.07) is 0. The van der Waals surface area contributed by atoms with Gasteiger partial charge in [-0.15, -0.1) is 24.0 Å². The predicted molar refractivity (Wildman–Crippen MR) is 105 cm³/mol. The van der Waals surface area contributed by atoms with Gasteiger partial charge in [0.25, 0.3) is 0 Å². The average molecular weight is 430 g/mol. The van der Waals surface area contributed by atoms with Gasteiger partial charge in [0, 0.05) is 32.1 Å². The summed E-state index contributed by atoms with van der Waals surface area (Å²) in [4.78, 5) is 15.9. The van der Waals surface area contributed by atoms with Gasteiger partial charge >= 0.3 is 0 Å². The Hall–Kier alpha value is -0.180. The fourth-order valence-electron chi connectivity index (χ4n) is 1.46. The van der Waals surface area contributed by atoms with E-state index in [2.05, 4.69) is 27.2 Å². The van der Waals surface area contributed by atoms with Crippen LogP contribution in [0, 0.1) is 5.92 Å². The third kappa shape index (κ3) is 14.5. The normalized spacial score (nSPS) is 11.0. The maximum absolute atomic E-state index is 11.4. The van der Waals surface area contributed by atoms with Crippen molar-refractivity contribution in [1.82, 2.24) is 16.0 Å². The second-order valence-corrected chi connectivity index (χ2v) is 5.82. The first-order chi connectivity index (χ1) is 9.61. The molecule has 21 heavy (non-hydrogen) atoms. The molecule has 0 atom stereocenters. The molecule has 1 amide bonds. The fourth-order valence-corrected chi connectivity index (χ4v) is 1.95. The van der Waals surface area contributed by atoms with Crippen molar-refractivity contribution >= 4 is 47.6 Å². The molecule has 3 N–H and O–H groups in total. The van der Waals surface area contributed by atoms with E-state index in [1.165, 1.54) is 12.2 Å². The fraction of sp³-hybridized carbons (Fsp3) is 0.857. The predicted octanol–water partition coefficient (Wildman–Crippen LogP) is 2.07. The minimum atomic E-state index is 0. The number of halogens is 1. The second-order valence-electron chi connectivity index (χ2n) is 4.83. The highest BCUT2D eigenvalue weighted by atomic mass is 127. The van der Waals surface area contributed by atoms with Crippen LogP contribution in [0.3, 0.4) is 0 Å². The van der Waals surface area contributed by atoms with Gasteiger partial charge in [-0.3, -0.25) is 9.79 Å². The molecule has 0 aliphatic rings. The van der Waals surface area contributed by atoms with Crippen LogP contribution in [0.2, 0.25) is 0 Å². The van der Waals surface area contributed by atoms with Crippen molar-refractivity contribution < 1.29 is 4.79 Å². The molecule has 0 unspecified atom stereocenters. The van der Waals surface area contributed by atoms with Gasteiger partial charge < -0.3 is 16.0 Å². The highest BCUT2D eigenvalue weighted by Gasteiger charge is 2.04. The van der Waals surface area contributed by atoms with E-state index in [0.717, 1.165) is 25.5 Å². The first kappa shape index (κ1) is 23.1. The zero-order valence-electron chi connectivity index (χ0n) is 13.7. The van der Waals surface area contributed by atoms with Crippen LogP contribution in [0.25, 0.3) is 0 Å². The average Bonchev–Trinajstić information content (AvgIpc) is 2.42. The molecular weight excluding hydrogens is 399 g/mol. The Bertz CT molecular complexity index is 288.